The van der Waals surface area contributed by atoms with E-state index in [4.69, 9.17) is 5.73 Å². The summed E-state index contributed by atoms with van der Waals surface area (Å²) in [7, 11) is 0. The lowest BCUT2D eigenvalue weighted by Crippen LogP contribution is -2.33. The second kappa shape index (κ2) is 5.40. The normalized spacial score (nSPS) is 21.3. The Bertz CT molecular complexity index is 370. The van der Waals surface area contributed by atoms with Crippen LogP contribution in [-0.4, -0.2) is 17.5 Å². The van der Waals surface area contributed by atoms with E-state index in [0.717, 1.165) is 22.6 Å². The van der Waals surface area contributed by atoms with Crippen LogP contribution < -0.4 is 5.73 Å². The Kier molecular flexibility index (Phi) is 4.10. The van der Waals surface area contributed by atoms with Crippen molar-refractivity contribution in [3.05, 3.63) is 28.2 Å². The first-order valence-electron chi connectivity index (χ1n) is 6.36. The molecule has 3 heteroatoms. The van der Waals surface area contributed by atoms with E-state index in [1.54, 1.807) is 0 Å². The van der Waals surface area contributed by atoms with Gasteiger partial charge in [0.25, 0.3) is 0 Å². The summed E-state index contributed by atoms with van der Waals surface area (Å²) in [6.07, 6.45) is 2.63. The minimum atomic E-state index is 0.710. The average Bonchev–Trinajstić information content (AvgIpc) is 2.72. The number of benzene rings is 1. The molecule has 1 atom stereocenters. The van der Waals surface area contributed by atoms with Crippen LogP contribution in [0.5, 0.6) is 0 Å². The summed E-state index contributed by atoms with van der Waals surface area (Å²) < 4.78 is 1.13. The van der Waals surface area contributed by atoms with E-state index in [9.17, 15) is 0 Å². The van der Waals surface area contributed by atoms with E-state index in [0.29, 0.717) is 6.04 Å². The van der Waals surface area contributed by atoms with Crippen molar-refractivity contribution in [1.82, 2.24) is 4.90 Å². The number of rotatable bonds is 3. The molecule has 0 saturated carbocycles. The molecular weight excluding hydrogens is 276 g/mol. The molecule has 0 aliphatic carbocycles. The fourth-order valence-electron chi connectivity index (χ4n) is 2.75. The maximum absolute atomic E-state index is 6.06. The van der Waals surface area contributed by atoms with E-state index in [1.165, 1.54) is 24.9 Å². The van der Waals surface area contributed by atoms with Crippen molar-refractivity contribution in [2.24, 2.45) is 5.92 Å². The van der Waals surface area contributed by atoms with Crippen LogP contribution in [0, 0.1) is 5.92 Å². The molecule has 1 aromatic rings. The molecule has 17 heavy (non-hydrogen) atoms. The summed E-state index contributed by atoms with van der Waals surface area (Å²) in [4.78, 5) is 2.57. The molecule has 2 N–H and O–H groups in total. The molecule has 0 amide bonds. The fraction of sp³-hybridized carbons (Fsp3) is 0.571. The zero-order chi connectivity index (χ0) is 12.4. The molecule has 94 valence electrons. The van der Waals surface area contributed by atoms with Gasteiger partial charge in [-0.15, -0.1) is 0 Å². The highest BCUT2D eigenvalue weighted by atomic mass is 79.9. The minimum absolute atomic E-state index is 0.710. The first-order chi connectivity index (χ1) is 8.09. The number of nitrogen functional groups attached to an aromatic ring is 1. The van der Waals surface area contributed by atoms with Gasteiger partial charge in [-0.2, -0.15) is 0 Å². The van der Waals surface area contributed by atoms with Crippen LogP contribution >= 0.6 is 15.9 Å². The van der Waals surface area contributed by atoms with Crippen LogP contribution in [0.3, 0.4) is 0 Å². The summed E-state index contributed by atoms with van der Waals surface area (Å²) in [5.41, 5.74) is 8.20. The molecule has 1 unspecified atom stereocenters. The van der Waals surface area contributed by atoms with Crippen LogP contribution in [0.15, 0.2) is 22.7 Å². The highest BCUT2D eigenvalue weighted by Crippen LogP contribution is 2.30. The predicted octanol–water partition coefficient (Wildman–Crippen LogP) is 3.65. The van der Waals surface area contributed by atoms with Gasteiger partial charge in [-0.05, 0) is 37.4 Å². The maximum atomic E-state index is 6.06. The van der Waals surface area contributed by atoms with E-state index in [1.807, 2.05) is 12.1 Å². The molecule has 1 aromatic carbocycles. The number of nitrogens with zero attached hydrogens (tertiary/aromatic N) is 1. The summed E-state index contributed by atoms with van der Waals surface area (Å²) in [6, 6.07) is 6.76. The topological polar surface area (TPSA) is 29.3 Å². The number of anilines is 1. The minimum Gasteiger partial charge on any atom is -0.398 e. The van der Waals surface area contributed by atoms with E-state index < -0.39 is 0 Å². The van der Waals surface area contributed by atoms with E-state index in [2.05, 4.69) is 40.7 Å². The van der Waals surface area contributed by atoms with Crippen molar-refractivity contribution in [2.45, 2.75) is 39.3 Å². The largest absolute Gasteiger partial charge is 0.398 e. The number of hydrogen-bond acceptors (Lipinski definition) is 2. The summed E-state index contributed by atoms with van der Waals surface area (Å²) in [5.74, 6) is 0.723. The van der Waals surface area contributed by atoms with E-state index in [-0.39, 0.29) is 0 Å². The fourth-order valence-corrected chi connectivity index (χ4v) is 3.26. The highest BCUT2D eigenvalue weighted by molar-refractivity contribution is 9.10. The Labute approximate surface area is 112 Å². The maximum Gasteiger partial charge on any atom is 0.0371 e. The molecule has 1 aliphatic heterocycles. The third-order valence-corrected chi connectivity index (χ3v) is 4.44. The predicted molar refractivity (Wildman–Crippen MR) is 76.8 cm³/mol. The van der Waals surface area contributed by atoms with Crippen molar-refractivity contribution < 1.29 is 0 Å². The van der Waals surface area contributed by atoms with Crippen LogP contribution in [0.1, 0.15) is 32.3 Å². The van der Waals surface area contributed by atoms with Gasteiger partial charge < -0.3 is 5.73 Å². The Morgan fingerprint density at radius 2 is 2.24 bits per heavy atom. The molecule has 0 bridgehead atoms. The van der Waals surface area contributed by atoms with Crippen LogP contribution in [0.4, 0.5) is 5.69 Å². The molecule has 1 fully saturated rings. The van der Waals surface area contributed by atoms with Gasteiger partial charge in [-0.25, -0.2) is 0 Å². The first-order valence-corrected chi connectivity index (χ1v) is 7.16. The van der Waals surface area contributed by atoms with Gasteiger partial charge in [-0.3, -0.25) is 4.90 Å². The molecule has 1 heterocycles. The standard InChI is InChI=1S/C14H21BrN2/c1-10(2)14-7-4-8-17(14)9-11-12(15)5-3-6-13(11)16/h3,5-6,10,14H,4,7-9,16H2,1-2H3. The summed E-state index contributed by atoms with van der Waals surface area (Å²) in [6.45, 7) is 6.79. The van der Waals surface area contributed by atoms with Crippen molar-refractivity contribution in [3.63, 3.8) is 0 Å². The van der Waals surface area contributed by atoms with Crippen LogP contribution in [-0.2, 0) is 6.54 Å². The van der Waals surface area contributed by atoms with Gasteiger partial charge in [0.05, 0.1) is 0 Å². The average molecular weight is 297 g/mol. The summed E-state index contributed by atoms with van der Waals surface area (Å²) in [5, 5.41) is 0. The van der Waals surface area contributed by atoms with Gasteiger partial charge in [-0.1, -0.05) is 35.8 Å². The van der Waals surface area contributed by atoms with Crippen molar-refractivity contribution in [1.29, 1.82) is 0 Å². The third kappa shape index (κ3) is 2.83. The zero-order valence-electron chi connectivity index (χ0n) is 10.6. The second-order valence-corrected chi connectivity index (χ2v) is 6.09. The highest BCUT2D eigenvalue weighted by Gasteiger charge is 2.27. The smallest absolute Gasteiger partial charge is 0.0371 e. The number of hydrogen-bond donors (Lipinski definition) is 1. The monoisotopic (exact) mass is 296 g/mol. The molecule has 2 rings (SSSR count). The quantitative estimate of drug-likeness (QED) is 0.863. The third-order valence-electron chi connectivity index (χ3n) is 3.70. The number of halogens is 1. The van der Waals surface area contributed by atoms with Crippen molar-refractivity contribution >= 4 is 21.6 Å². The number of nitrogens with two attached hydrogens (primary N) is 1. The van der Waals surface area contributed by atoms with Crippen LogP contribution in [0.2, 0.25) is 0 Å². The zero-order valence-corrected chi connectivity index (χ0v) is 12.2. The lowest BCUT2D eigenvalue weighted by atomic mass is 10.0. The molecule has 0 aromatic heterocycles. The van der Waals surface area contributed by atoms with Gasteiger partial charge in [0.1, 0.15) is 0 Å². The Balaban J connectivity index is 2.15. The van der Waals surface area contributed by atoms with Crippen LogP contribution in [0.25, 0.3) is 0 Å². The Morgan fingerprint density at radius 1 is 1.47 bits per heavy atom. The second-order valence-electron chi connectivity index (χ2n) is 5.23. The Morgan fingerprint density at radius 3 is 2.88 bits per heavy atom. The lowest BCUT2D eigenvalue weighted by molar-refractivity contribution is 0.199. The molecule has 1 saturated heterocycles. The van der Waals surface area contributed by atoms with Gasteiger partial charge in [0, 0.05) is 28.3 Å². The van der Waals surface area contributed by atoms with E-state index >= 15 is 0 Å². The molecule has 0 radical (unpaired) electrons. The number of likely N-dealkylation sites (tertiary alicyclic amines) is 1. The molecule has 1 aliphatic rings. The molecule has 0 spiro atoms. The van der Waals surface area contributed by atoms with Crippen molar-refractivity contribution in [3.8, 4) is 0 Å². The summed E-state index contributed by atoms with van der Waals surface area (Å²) >= 11 is 3.60. The molecular formula is C14H21BrN2. The van der Waals surface area contributed by atoms with Gasteiger partial charge in [0.15, 0.2) is 0 Å². The molecule has 2 nitrogen and oxygen atoms in total. The van der Waals surface area contributed by atoms with Crippen molar-refractivity contribution in [2.75, 3.05) is 12.3 Å². The Hall–Kier alpha value is -0.540. The lowest BCUT2D eigenvalue weighted by Gasteiger charge is -2.28. The van der Waals surface area contributed by atoms with Gasteiger partial charge in [0.2, 0.25) is 0 Å². The van der Waals surface area contributed by atoms with Gasteiger partial charge >= 0.3 is 0 Å². The SMILES string of the molecule is CC(C)C1CCCN1Cc1c(N)cccc1Br. The first kappa shape index (κ1) is 12.9.